The molecule has 4 heteroatoms. The standard InChI is InChI=1S/C22H20N2O2/c1-16-8-6-7-11-20(16)21(25)23-18-14-12-17(13-15-18)22(26)24(2)19-9-4-3-5-10-19/h3-15H,1-2H3,(H,23,25). The van der Waals surface area contributed by atoms with Gasteiger partial charge in [-0.15, -0.1) is 0 Å². The monoisotopic (exact) mass is 344 g/mol. The van der Waals surface area contributed by atoms with E-state index in [-0.39, 0.29) is 11.8 Å². The van der Waals surface area contributed by atoms with E-state index in [0.717, 1.165) is 11.3 Å². The number of rotatable bonds is 4. The van der Waals surface area contributed by atoms with Crippen LogP contribution >= 0.6 is 0 Å². The number of hydrogen-bond donors (Lipinski definition) is 1. The number of anilines is 2. The number of para-hydroxylation sites is 1. The van der Waals surface area contributed by atoms with Gasteiger partial charge in [0.1, 0.15) is 0 Å². The Morgan fingerprint density at radius 3 is 2.08 bits per heavy atom. The zero-order valence-electron chi connectivity index (χ0n) is 14.8. The van der Waals surface area contributed by atoms with Crippen molar-refractivity contribution < 1.29 is 9.59 Å². The van der Waals surface area contributed by atoms with E-state index in [1.807, 2.05) is 55.5 Å². The zero-order valence-corrected chi connectivity index (χ0v) is 14.8. The lowest BCUT2D eigenvalue weighted by molar-refractivity contribution is 0.0991. The molecule has 0 saturated heterocycles. The quantitative estimate of drug-likeness (QED) is 0.756. The molecule has 0 radical (unpaired) electrons. The summed E-state index contributed by atoms with van der Waals surface area (Å²) in [6, 6.07) is 23.8. The number of benzene rings is 3. The second-order valence-electron chi connectivity index (χ2n) is 6.05. The molecule has 3 rings (SSSR count). The maximum atomic E-state index is 12.6. The Bertz CT molecular complexity index is 918. The first-order valence-corrected chi connectivity index (χ1v) is 8.36. The summed E-state index contributed by atoms with van der Waals surface area (Å²) in [4.78, 5) is 26.5. The maximum Gasteiger partial charge on any atom is 0.258 e. The van der Waals surface area contributed by atoms with Gasteiger partial charge in [-0.3, -0.25) is 9.59 Å². The smallest absolute Gasteiger partial charge is 0.258 e. The molecule has 0 aromatic heterocycles. The third-order valence-corrected chi connectivity index (χ3v) is 4.23. The predicted molar refractivity (Wildman–Crippen MR) is 105 cm³/mol. The van der Waals surface area contributed by atoms with Crippen LogP contribution in [-0.4, -0.2) is 18.9 Å². The number of carbonyl (C=O) groups excluding carboxylic acids is 2. The third-order valence-electron chi connectivity index (χ3n) is 4.23. The van der Waals surface area contributed by atoms with Crippen molar-refractivity contribution in [2.24, 2.45) is 0 Å². The van der Waals surface area contributed by atoms with Gasteiger partial charge in [0.15, 0.2) is 0 Å². The molecule has 0 saturated carbocycles. The Morgan fingerprint density at radius 2 is 1.42 bits per heavy atom. The number of hydrogen-bond acceptors (Lipinski definition) is 2. The van der Waals surface area contributed by atoms with E-state index in [2.05, 4.69) is 5.32 Å². The number of carbonyl (C=O) groups is 2. The van der Waals surface area contributed by atoms with Gasteiger partial charge in [-0.1, -0.05) is 36.4 Å². The third kappa shape index (κ3) is 3.81. The van der Waals surface area contributed by atoms with Crippen LogP contribution in [0, 0.1) is 6.92 Å². The Morgan fingerprint density at radius 1 is 0.808 bits per heavy atom. The largest absolute Gasteiger partial charge is 0.322 e. The van der Waals surface area contributed by atoms with Crippen LogP contribution in [0.25, 0.3) is 0 Å². The van der Waals surface area contributed by atoms with Crippen LogP contribution in [0.2, 0.25) is 0 Å². The highest BCUT2D eigenvalue weighted by Gasteiger charge is 2.14. The second-order valence-corrected chi connectivity index (χ2v) is 6.05. The molecule has 0 unspecified atom stereocenters. The molecule has 1 N–H and O–H groups in total. The molecule has 26 heavy (non-hydrogen) atoms. The van der Waals surface area contributed by atoms with Crippen LogP contribution < -0.4 is 10.2 Å². The minimum absolute atomic E-state index is 0.104. The van der Waals surface area contributed by atoms with Gasteiger partial charge in [-0.25, -0.2) is 0 Å². The van der Waals surface area contributed by atoms with Gasteiger partial charge in [0.25, 0.3) is 11.8 Å². The molecule has 0 spiro atoms. The lowest BCUT2D eigenvalue weighted by atomic mass is 10.1. The maximum absolute atomic E-state index is 12.6. The van der Waals surface area contributed by atoms with E-state index in [9.17, 15) is 9.59 Å². The van der Waals surface area contributed by atoms with Gasteiger partial charge in [0, 0.05) is 29.5 Å². The van der Waals surface area contributed by atoms with Crippen molar-refractivity contribution in [1.29, 1.82) is 0 Å². The fraction of sp³-hybridized carbons (Fsp3) is 0.0909. The summed E-state index contributed by atoms with van der Waals surface area (Å²) in [5.74, 6) is -0.267. The average Bonchev–Trinajstić information content (AvgIpc) is 2.68. The highest BCUT2D eigenvalue weighted by molar-refractivity contribution is 6.07. The van der Waals surface area contributed by atoms with Crippen molar-refractivity contribution in [2.75, 3.05) is 17.3 Å². The van der Waals surface area contributed by atoms with Gasteiger partial charge in [0.2, 0.25) is 0 Å². The van der Waals surface area contributed by atoms with Crippen molar-refractivity contribution in [2.45, 2.75) is 6.92 Å². The van der Waals surface area contributed by atoms with Crippen molar-refractivity contribution in [3.8, 4) is 0 Å². The molecule has 0 heterocycles. The SMILES string of the molecule is Cc1ccccc1C(=O)Nc1ccc(C(=O)N(C)c2ccccc2)cc1. The van der Waals surface area contributed by atoms with Gasteiger partial charge < -0.3 is 10.2 Å². The highest BCUT2D eigenvalue weighted by atomic mass is 16.2. The molecule has 4 nitrogen and oxygen atoms in total. The summed E-state index contributed by atoms with van der Waals surface area (Å²) < 4.78 is 0. The number of nitrogens with zero attached hydrogens (tertiary/aromatic N) is 1. The Labute approximate surface area is 153 Å². The summed E-state index contributed by atoms with van der Waals surface area (Å²) in [6.07, 6.45) is 0. The Hall–Kier alpha value is -3.40. The second kappa shape index (κ2) is 7.66. The van der Waals surface area contributed by atoms with Gasteiger partial charge >= 0.3 is 0 Å². The number of aryl methyl sites for hydroxylation is 1. The summed E-state index contributed by atoms with van der Waals surface area (Å²) in [5, 5.41) is 2.86. The van der Waals surface area contributed by atoms with Gasteiger partial charge in [-0.05, 0) is 55.0 Å². The fourth-order valence-electron chi connectivity index (χ4n) is 2.68. The first-order chi connectivity index (χ1) is 12.6. The van der Waals surface area contributed by atoms with Crippen LogP contribution in [0.1, 0.15) is 26.3 Å². The normalized spacial score (nSPS) is 10.2. The fourth-order valence-corrected chi connectivity index (χ4v) is 2.68. The lowest BCUT2D eigenvalue weighted by Gasteiger charge is -2.17. The molecule has 3 aromatic rings. The van der Waals surface area contributed by atoms with Crippen LogP contribution in [-0.2, 0) is 0 Å². The summed E-state index contributed by atoms with van der Waals surface area (Å²) >= 11 is 0. The van der Waals surface area contributed by atoms with E-state index >= 15 is 0 Å². The van der Waals surface area contributed by atoms with Gasteiger partial charge in [0.05, 0.1) is 0 Å². The van der Waals surface area contributed by atoms with E-state index < -0.39 is 0 Å². The molecule has 0 atom stereocenters. The van der Waals surface area contributed by atoms with Gasteiger partial charge in [-0.2, -0.15) is 0 Å². The Balaban J connectivity index is 1.71. The van der Waals surface area contributed by atoms with Crippen LogP contribution in [0.4, 0.5) is 11.4 Å². The van der Waals surface area contributed by atoms with Crippen molar-refractivity contribution in [3.05, 3.63) is 95.6 Å². The molecule has 0 aliphatic carbocycles. The molecule has 130 valence electrons. The van der Waals surface area contributed by atoms with E-state index in [4.69, 9.17) is 0 Å². The zero-order chi connectivity index (χ0) is 18.5. The first-order valence-electron chi connectivity index (χ1n) is 8.36. The molecule has 0 aliphatic heterocycles. The molecular weight excluding hydrogens is 324 g/mol. The average molecular weight is 344 g/mol. The van der Waals surface area contributed by atoms with Crippen LogP contribution in [0.15, 0.2) is 78.9 Å². The first kappa shape index (κ1) is 17.4. The summed E-state index contributed by atoms with van der Waals surface area (Å²) in [5.41, 5.74) is 3.59. The summed E-state index contributed by atoms with van der Waals surface area (Å²) in [6.45, 7) is 1.90. The van der Waals surface area contributed by atoms with Crippen molar-refractivity contribution in [1.82, 2.24) is 0 Å². The molecule has 0 aliphatic rings. The van der Waals surface area contributed by atoms with E-state index in [1.54, 1.807) is 42.3 Å². The van der Waals surface area contributed by atoms with Crippen LogP contribution in [0.5, 0.6) is 0 Å². The summed E-state index contributed by atoms with van der Waals surface area (Å²) in [7, 11) is 1.74. The molecule has 3 aromatic carbocycles. The Kier molecular flexibility index (Phi) is 5.13. The van der Waals surface area contributed by atoms with Crippen molar-refractivity contribution in [3.63, 3.8) is 0 Å². The van der Waals surface area contributed by atoms with E-state index in [1.165, 1.54) is 0 Å². The number of amides is 2. The minimum Gasteiger partial charge on any atom is -0.322 e. The lowest BCUT2D eigenvalue weighted by Crippen LogP contribution is -2.26. The minimum atomic E-state index is -0.163. The highest BCUT2D eigenvalue weighted by Crippen LogP contribution is 2.17. The number of nitrogens with one attached hydrogen (secondary N) is 1. The van der Waals surface area contributed by atoms with E-state index in [0.29, 0.717) is 16.8 Å². The predicted octanol–water partition coefficient (Wildman–Crippen LogP) is 4.52. The molecule has 0 fully saturated rings. The van der Waals surface area contributed by atoms with Crippen molar-refractivity contribution >= 4 is 23.2 Å². The molecule has 2 amide bonds. The van der Waals surface area contributed by atoms with Crippen LogP contribution in [0.3, 0.4) is 0 Å². The molecule has 0 bridgehead atoms. The topological polar surface area (TPSA) is 49.4 Å². The molecular formula is C22H20N2O2.